The molecule has 0 saturated carbocycles. The molecule has 3 N–H and O–H groups in total. The van der Waals surface area contributed by atoms with E-state index in [0.29, 0.717) is 27.7 Å². The molecule has 0 unspecified atom stereocenters. The lowest BCUT2D eigenvalue weighted by atomic mass is 9.78. The van der Waals surface area contributed by atoms with E-state index in [4.69, 9.17) is 14.6 Å². The molecule has 0 fully saturated rings. The Kier molecular flexibility index (Phi) is 7.61. The molecule has 0 atom stereocenters. The van der Waals surface area contributed by atoms with Gasteiger partial charge < -0.3 is 29.6 Å². The van der Waals surface area contributed by atoms with E-state index in [1.54, 1.807) is 44.2 Å². The maximum absolute atomic E-state index is 13.3. The highest BCUT2D eigenvalue weighted by atomic mass is 16.7. The number of amides is 1. The highest BCUT2D eigenvalue weighted by molar-refractivity contribution is 6.06. The first-order valence-corrected chi connectivity index (χ1v) is 11.5. The molecule has 1 aromatic heterocycles. The second-order valence-corrected chi connectivity index (χ2v) is 10.2. The minimum atomic E-state index is -1.44. The molecule has 37 heavy (non-hydrogen) atoms. The van der Waals surface area contributed by atoms with E-state index in [-0.39, 0.29) is 17.9 Å². The summed E-state index contributed by atoms with van der Waals surface area (Å²) in [5.41, 5.74) is 0.0814. The molecule has 1 amide bonds. The van der Waals surface area contributed by atoms with Crippen molar-refractivity contribution < 1.29 is 33.7 Å². The second-order valence-electron chi connectivity index (χ2n) is 10.2. The molecule has 0 radical (unpaired) electrons. The average Bonchev–Trinajstić information content (AvgIpc) is 2.82. The molecule has 10 heteroatoms. The maximum Gasteiger partial charge on any atom is 0.513 e. The Bertz CT molecular complexity index is 1420. The Hall–Kier alpha value is -4.34. The van der Waals surface area contributed by atoms with E-state index in [2.05, 4.69) is 15.0 Å². The van der Waals surface area contributed by atoms with Crippen molar-refractivity contribution in [1.82, 2.24) is 4.98 Å². The number of hydrogen-bond acceptors (Lipinski definition) is 7. The molecule has 0 bridgehead atoms. The first-order chi connectivity index (χ1) is 17.2. The van der Waals surface area contributed by atoms with Crippen LogP contribution in [0.25, 0.3) is 10.9 Å². The molecule has 0 aliphatic rings. The third kappa shape index (κ3) is 6.08. The van der Waals surface area contributed by atoms with E-state index in [1.807, 2.05) is 20.8 Å². The number of anilines is 1. The van der Waals surface area contributed by atoms with Crippen molar-refractivity contribution in [2.24, 2.45) is 0 Å². The summed E-state index contributed by atoms with van der Waals surface area (Å²) in [6.45, 7) is 9.01. The van der Waals surface area contributed by atoms with Crippen LogP contribution in [0.5, 0.6) is 5.75 Å². The van der Waals surface area contributed by atoms with Crippen LogP contribution < -0.4 is 15.5 Å². The molecular formula is C27H30N2O8. The van der Waals surface area contributed by atoms with Gasteiger partial charge in [-0.2, -0.15) is 0 Å². The van der Waals surface area contributed by atoms with Crippen molar-refractivity contribution in [1.29, 1.82) is 0 Å². The third-order valence-electron chi connectivity index (χ3n) is 5.85. The van der Waals surface area contributed by atoms with Gasteiger partial charge in [0, 0.05) is 39.8 Å². The van der Waals surface area contributed by atoms with Gasteiger partial charge in [0.05, 0.1) is 7.11 Å². The summed E-state index contributed by atoms with van der Waals surface area (Å²) in [4.78, 5) is 52.3. The number of ether oxygens (including phenoxy) is 3. The van der Waals surface area contributed by atoms with E-state index in [0.717, 1.165) is 7.11 Å². The summed E-state index contributed by atoms with van der Waals surface area (Å²) < 4.78 is 14.8. The zero-order valence-corrected chi connectivity index (χ0v) is 21.6. The number of nitrogens with one attached hydrogen (secondary N) is 2. The van der Waals surface area contributed by atoms with Crippen molar-refractivity contribution >= 4 is 34.8 Å². The Morgan fingerprint density at radius 1 is 1.03 bits per heavy atom. The number of H-pyrrole nitrogens is 1. The predicted molar refractivity (Wildman–Crippen MR) is 138 cm³/mol. The molecule has 2 aromatic carbocycles. The second kappa shape index (κ2) is 10.3. The normalized spacial score (nSPS) is 11.6. The summed E-state index contributed by atoms with van der Waals surface area (Å²) in [7, 11) is 1.15. The molecule has 0 aliphatic heterocycles. The standard InChI is InChI=1S/C27H30N2O8/c1-26(2,3)17-11-18(27(4,5)14-36-24(32)33)21(37-25(34)35-6)12-20(17)29-23(31)16-13-28-19-10-8-7-9-15(19)22(16)30/h7-13H,14H2,1-6H3,(H,28,30)(H,29,31)(H,32,33). The lowest BCUT2D eigenvalue weighted by Crippen LogP contribution is -2.29. The zero-order valence-electron chi connectivity index (χ0n) is 21.6. The van der Waals surface area contributed by atoms with Crippen molar-refractivity contribution in [3.05, 3.63) is 69.5 Å². The van der Waals surface area contributed by atoms with Crippen LogP contribution in [0, 0.1) is 0 Å². The third-order valence-corrected chi connectivity index (χ3v) is 5.85. The summed E-state index contributed by atoms with van der Waals surface area (Å²) in [6.07, 6.45) is -1.09. The van der Waals surface area contributed by atoms with Crippen LogP contribution in [-0.4, -0.2) is 42.0 Å². The summed E-state index contributed by atoms with van der Waals surface area (Å²) in [5.74, 6) is -0.607. The van der Waals surface area contributed by atoms with Gasteiger partial charge in [-0.3, -0.25) is 9.59 Å². The Labute approximate surface area is 213 Å². The van der Waals surface area contributed by atoms with Crippen molar-refractivity contribution in [2.75, 3.05) is 19.0 Å². The van der Waals surface area contributed by atoms with Gasteiger partial charge in [-0.25, -0.2) is 9.59 Å². The lowest BCUT2D eigenvalue weighted by Gasteiger charge is -2.31. The summed E-state index contributed by atoms with van der Waals surface area (Å²) >= 11 is 0. The number of methoxy groups -OCH3 is 1. The lowest BCUT2D eigenvalue weighted by molar-refractivity contribution is 0.0733. The minimum absolute atomic E-state index is 0.0431. The number of para-hydroxylation sites is 1. The fourth-order valence-electron chi connectivity index (χ4n) is 3.89. The Morgan fingerprint density at radius 2 is 1.70 bits per heavy atom. The Balaban J connectivity index is 2.14. The maximum atomic E-state index is 13.3. The van der Waals surface area contributed by atoms with Crippen molar-refractivity contribution in [3.8, 4) is 5.75 Å². The zero-order chi connectivity index (χ0) is 27.5. The molecule has 10 nitrogen and oxygen atoms in total. The highest BCUT2D eigenvalue weighted by Crippen LogP contribution is 2.41. The average molecular weight is 511 g/mol. The molecule has 0 spiro atoms. The fourth-order valence-corrected chi connectivity index (χ4v) is 3.89. The minimum Gasteiger partial charge on any atom is -0.450 e. The van der Waals surface area contributed by atoms with Gasteiger partial charge in [0.25, 0.3) is 5.91 Å². The number of hydrogen-bond donors (Lipinski definition) is 3. The first kappa shape index (κ1) is 27.3. The number of carboxylic acid groups (broad SMARTS) is 1. The number of aromatic nitrogens is 1. The highest BCUT2D eigenvalue weighted by Gasteiger charge is 2.32. The van der Waals surface area contributed by atoms with E-state index >= 15 is 0 Å². The fraction of sp³-hybridized carbons (Fsp3) is 0.333. The SMILES string of the molecule is COC(=O)Oc1cc(NC(=O)c2c[nH]c3ccccc3c2=O)c(C(C)(C)C)cc1C(C)(C)COC(=O)O. The molecule has 0 saturated heterocycles. The number of benzene rings is 2. The van der Waals surface area contributed by atoms with Gasteiger partial charge in [-0.1, -0.05) is 46.8 Å². The molecule has 3 aromatic rings. The van der Waals surface area contributed by atoms with Crippen LogP contribution in [0.15, 0.2) is 47.4 Å². The number of pyridine rings is 1. The molecule has 1 heterocycles. The van der Waals surface area contributed by atoms with Crippen LogP contribution in [0.1, 0.15) is 56.1 Å². The molecule has 3 rings (SSSR count). The van der Waals surface area contributed by atoms with Crippen LogP contribution >= 0.6 is 0 Å². The smallest absolute Gasteiger partial charge is 0.450 e. The van der Waals surface area contributed by atoms with Crippen LogP contribution in [0.4, 0.5) is 15.3 Å². The summed E-state index contributed by atoms with van der Waals surface area (Å²) in [5, 5.41) is 12.2. The van der Waals surface area contributed by atoms with Gasteiger partial charge in [0.2, 0.25) is 5.43 Å². The van der Waals surface area contributed by atoms with Crippen molar-refractivity contribution in [2.45, 2.75) is 45.4 Å². The van der Waals surface area contributed by atoms with Crippen LogP contribution in [-0.2, 0) is 20.3 Å². The number of rotatable bonds is 6. The monoisotopic (exact) mass is 510 g/mol. The quantitative estimate of drug-likeness (QED) is 0.303. The number of carbonyl (C=O) groups is 3. The number of carbonyl (C=O) groups excluding carboxylic acids is 2. The van der Waals surface area contributed by atoms with Gasteiger partial charge in [0.1, 0.15) is 17.9 Å². The van der Waals surface area contributed by atoms with Gasteiger partial charge in [-0.05, 0) is 29.2 Å². The number of fused-ring (bicyclic) bond motifs is 1. The first-order valence-electron chi connectivity index (χ1n) is 11.5. The van der Waals surface area contributed by atoms with Crippen LogP contribution in [0.2, 0.25) is 0 Å². The largest absolute Gasteiger partial charge is 0.513 e. The Morgan fingerprint density at radius 3 is 2.32 bits per heavy atom. The molecule has 196 valence electrons. The van der Waals surface area contributed by atoms with Gasteiger partial charge >= 0.3 is 12.3 Å². The molecule has 0 aliphatic carbocycles. The van der Waals surface area contributed by atoms with Gasteiger partial charge in [0.15, 0.2) is 0 Å². The number of aromatic amines is 1. The van der Waals surface area contributed by atoms with Gasteiger partial charge in [-0.15, -0.1) is 0 Å². The van der Waals surface area contributed by atoms with Crippen LogP contribution in [0.3, 0.4) is 0 Å². The van der Waals surface area contributed by atoms with E-state index in [1.165, 1.54) is 12.3 Å². The van der Waals surface area contributed by atoms with E-state index < -0.39 is 34.5 Å². The topological polar surface area (TPSA) is 144 Å². The molecular weight excluding hydrogens is 480 g/mol. The van der Waals surface area contributed by atoms with E-state index in [9.17, 15) is 19.2 Å². The predicted octanol–water partition coefficient (Wildman–Crippen LogP) is 5.20. The summed E-state index contributed by atoms with van der Waals surface area (Å²) in [6, 6.07) is 10.0. The van der Waals surface area contributed by atoms with Crippen molar-refractivity contribution in [3.63, 3.8) is 0 Å².